The van der Waals surface area contributed by atoms with Crippen LogP contribution >= 0.6 is 24.2 Å². The Balaban J connectivity index is 2.02. The predicted octanol–water partition coefficient (Wildman–Crippen LogP) is 5.21. The van der Waals surface area contributed by atoms with Crippen molar-refractivity contribution in [2.75, 3.05) is 0 Å². The van der Waals surface area contributed by atoms with E-state index in [1.807, 2.05) is 0 Å². The SMILES string of the molecule is Brc1ccccc1[S][Pb]([c]1ccccc1)([c]1ccccc1)[c]1ccccc1. The first-order valence-electron chi connectivity index (χ1n) is 8.91. The van der Waals surface area contributed by atoms with E-state index in [0.29, 0.717) is 0 Å². The molecule has 0 bridgehead atoms. The zero-order chi connectivity index (χ0) is 18.5. The van der Waals surface area contributed by atoms with Crippen molar-refractivity contribution in [2.45, 2.75) is 4.90 Å². The molecule has 27 heavy (non-hydrogen) atoms. The van der Waals surface area contributed by atoms with Crippen molar-refractivity contribution < 1.29 is 0 Å². The summed E-state index contributed by atoms with van der Waals surface area (Å²) in [6.07, 6.45) is 0. The Kier molecular flexibility index (Phi) is 6.15. The summed E-state index contributed by atoms with van der Waals surface area (Å²) in [7, 11) is 2.10. The van der Waals surface area contributed by atoms with Gasteiger partial charge in [-0.1, -0.05) is 0 Å². The first-order chi connectivity index (χ1) is 13.3. The quantitative estimate of drug-likeness (QED) is 0.275. The molecule has 0 unspecified atom stereocenters. The van der Waals surface area contributed by atoms with E-state index in [1.165, 1.54) is 18.7 Å². The number of hydrogen-bond acceptors (Lipinski definition) is 1. The summed E-state index contributed by atoms with van der Waals surface area (Å²) in [6, 6.07) is 41.9. The molecular weight excluding hydrogens is 607 g/mol. The molecule has 0 saturated carbocycles. The van der Waals surface area contributed by atoms with Gasteiger partial charge in [0.25, 0.3) is 0 Å². The molecule has 0 aliphatic heterocycles. The minimum absolute atomic E-state index is 1.17. The van der Waals surface area contributed by atoms with Crippen molar-refractivity contribution in [1.29, 1.82) is 0 Å². The van der Waals surface area contributed by atoms with Gasteiger partial charge in [-0.3, -0.25) is 0 Å². The van der Waals surface area contributed by atoms with Gasteiger partial charge in [0.2, 0.25) is 0 Å². The van der Waals surface area contributed by atoms with Gasteiger partial charge in [-0.2, -0.15) is 0 Å². The molecule has 0 heterocycles. The van der Waals surface area contributed by atoms with Crippen LogP contribution in [0.15, 0.2) is 125 Å². The molecule has 0 aliphatic rings. The van der Waals surface area contributed by atoms with Crippen LogP contribution < -0.4 is 9.37 Å². The second-order valence-corrected chi connectivity index (χ2v) is 27.6. The Morgan fingerprint density at radius 3 is 1.26 bits per heavy atom. The van der Waals surface area contributed by atoms with Gasteiger partial charge in [0.1, 0.15) is 0 Å². The standard InChI is InChI=1S/C6H5BrS.3C6H5.Pb/c7-5-3-1-2-4-6(5)8;3*1-2-4-6-5-3-1;/h1-4,8H;3*1-5H;/q;;;;+1/p-1. The van der Waals surface area contributed by atoms with Gasteiger partial charge in [0.05, 0.1) is 0 Å². The average molecular weight is 627 g/mol. The molecule has 3 heteroatoms. The molecule has 0 amide bonds. The molecule has 4 rings (SSSR count). The molecule has 4 aromatic carbocycles. The van der Waals surface area contributed by atoms with Crippen LogP contribution in [0.3, 0.4) is 0 Å². The van der Waals surface area contributed by atoms with E-state index in [1.54, 1.807) is 0 Å². The summed E-state index contributed by atoms with van der Waals surface area (Å²) >= 11 is 0.290. The van der Waals surface area contributed by atoms with Crippen LogP contribution in [0.2, 0.25) is 0 Å². The van der Waals surface area contributed by atoms with Crippen LogP contribution in [0.25, 0.3) is 0 Å². The van der Waals surface area contributed by atoms with Crippen molar-refractivity contribution >= 4 is 53.3 Å². The molecule has 0 radical (unpaired) electrons. The molecule has 4 aromatic rings. The van der Waals surface area contributed by atoms with Crippen LogP contribution in [0.1, 0.15) is 0 Å². The molecule has 0 nitrogen and oxygen atoms in total. The maximum atomic E-state index is 3.78. The summed E-state index contributed by atoms with van der Waals surface area (Å²) < 4.78 is 5.64. The zero-order valence-corrected chi connectivity index (χ0v) is 21.0. The van der Waals surface area contributed by atoms with E-state index < -0.39 is 19.7 Å². The van der Waals surface area contributed by atoms with E-state index in [0.717, 1.165) is 0 Å². The fourth-order valence-corrected chi connectivity index (χ4v) is 31.9. The van der Waals surface area contributed by atoms with Crippen LogP contribution in [-0.2, 0) is 0 Å². The summed E-state index contributed by atoms with van der Waals surface area (Å²) in [5.74, 6) is 0. The van der Waals surface area contributed by atoms with Crippen molar-refractivity contribution in [3.63, 3.8) is 0 Å². The predicted molar refractivity (Wildman–Crippen MR) is 124 cm³/mol. The second-order valence-electron chi connectivity index (χ2n) is 6.31. The molecule has 0 aliphatic carbocycles. The topological polar surface area (TPSA) is 0 Å². The minimum atomic E-state index is -3.49. The molecule has 132 valence electrons. The second kappa shape index (κ2) is 8.76. The van der Waals surface area contributed by atoms with Gasteiger partial charge in [-0.25, -0.2) is 0 Å². The third kappa shape index (κ3) is 3.93. The van der Waals surface area contributed by atoms with E-state index in [2.05, 4.69) is 140 Å². The van der Waals surface area contributed by atoms with E-state index in [-0.39, 0.29) is 0 Å². The molecule has 0 spiro atoms. The third-order valence-electron chi connectivity index (χ3n) is 4.64. The fraction of sp³-hybridized carbons (Fsp3) is 0. The Morgan fingerprint density at radius 1 is 0.481 bits per heavy atom. The Labute approximate surface area is 176 Å². The first-order valence-corrected chi connectivity index (χ1v) is 21.1. The number of halogens is 1. The van der Waals surface area contributed by atoms with Crippen LogP contribution in [-0.4, -0.2) is 19.7 Å². The summed E-state index contributed by atoms with van der Waals surface area (Å²) in [6.45, 7) is 0. The van der Waals surface area contributed by atoms with E-state index in [9.17, 15) is 0 Å². The Hall–Kier alpha value is -1.37. The number of benzene rings is 4. The van der Waals surface area contributed by atoms with Gasteiger partial charge >= 0.3 is 178 Å². The van der Waals surface area contributed by atoms with E-state index >= 15 is 0 Å². The van der Waals surface area contributed by atoms with Gasteiger partial charge in [0.15, 0.2) is 0 Å². The summed E-state index contributed by atoms with van der Waals surface area (Å²) in [4.78, 5) is 1.32. The van der Waals surface area contributed by atoms with E-state index in [4.69, 9.17) is 0 Å². The van der Waals surface area contributed by atoms with Crippen molar-refractivity contribution in [2.24, 2.45) is 0 Å². The van der Waals surface area contributed by atoms with Crippen molar-refractivity contribution in [3.05, 3.63) is 120 Å². The Morgan fingerprint density at radius 2 is 0.852 bits per heavy atom. The van der Waals surface area contributed by atoms with Gasteiger partial charge in [-0.05, 0) is 0 Å². The van der Waals surface area contributed by atoms with Crippen LogP contribution in [0.5, 0.6) is 0 Å². The Bertz CT molecular complexity index is 907. The first kappa shape index (κ1) is 19.0. The van der Waals surface area contributed by atoms with Crippen LogP contribution in [0.4, 0.5) is 0 Å². The van der Waals surface area contributed by atoms with Crippen molar-refractivity contribution in [1.82, 2.24) is 0 Å². The average Bonchev–Trinajstić information content (AvgIpc) is 2.75. The zero-order valence-electron chi connectivity index (χ0n) is 14.8. The third-order valence-corrected chi connectivity index (χ3v) is 32.2. The number of rotatable bonds is 5. The number of hydrogen-bond donors (Lipinski definition) is 0. The summed E-state index contributed by atoms with van der Waals surface area (Å²) in [5.41, 5.74) is 0. The molecule has 0 atom stereocenters. The normalized spacial score (nSPS) is 11.3. The van der Waals surface area contributed by atoms with Crippen LogP contribution in [0, 0.1) is 0 Å². The maximum absolute atomic E-state index is 3.78. The molecule has 0 N–H and O–H groups in total. The van der Waals surface area contributed by atoms with Gasteiger partial charge < -0.3 is 0 Å². The monoisotopic (exact) mass is 626 g/mol. The van der Waals surface area contributed by atoms with Gasteiger partial charge in [-0.15, -0.1) is 0 Å². The molecular formula is C24H19BrPbS. The fourth-order valence-electron chi connectivity index (χ4n) is 3.39. The molecule has 0 fully saturated rings. The van der Waals surface area contributed by atoms with Gasteiger partial charge in [0, 0.05) is 0 Å². The molecule has 0 aromatic heterocycles. The molecule has 0 saturated heterocycles. The summed E-state index contributed by atoms with van der Waals surface area (Å²) in [5, 5.41) is 0. The van der Waals surface area contributed by atoms with Crippen molar-refractivity contribution in [3.8, 4) is 0 Å².